The van der Waals surface area contributed by atoms with Gasteiger partial charge in [-0.05, 0) is 86.3 Å². The van der Waals surface area contributed by atoms with Crippen LogP contribution in [-0.2, 0) is 29.1 Å². The number of imidazole rings is 1. The second kappa shape index (κ2) is 17.3. The molecule has 4 N–H and O–H groups in total. The van der Waals surface area contributed by atoms with Gasteiger partial charge >= 0.3 is 5.97 Å². The quantitative estimate of drug-likeness (QED) is 0.140. The number of rotatable bonds is 11. The summed E-state index contributed by atoms with van der Waals surface area (Å²) >= 11 is 0. The molecule has 3 heterocycles. The number of aromatic carboxylic acids is 1. The molecule has 3 aromatic carbocycles. The number of benzene rings is 3. The molecule has 6 rings (SSSR count). The van der Waals surface area contributed by atoms with Crippen molar-refractivity contribution in [3.05, 3.63) is 112 Å². The largest absolute Gasteiger partial charge is 0.478 e. The number of hydrogen-bond donors (Lipinski definition) is 2. The van der Waals surface area contributed by atoms with E-state index in [0.717, 1.165) is 11.1 Å². The van der Waals surface area contributed by atoms with Crippen molar-refractivity contribution in [1.29, 1.82) is 0 Å². The fraction of sp³-hybridized carbons (Fsp3) is 0.350. The van der Waals surface area contributed by atoms with Crippen LogP contribution in [-0.4, -0.2) is 61.7 Å². The highest BCUT2D eigenvalue weighted by Crippen LogP contribution is 2.30. The van der Waals surface area contributed by atoms with Crippen molar-refractivity contribution in [2.75, 3.05) is 13.2 Å². The van der Waals surface area contributed by atoms with Gasteiger partial charge in [-0.15, -0.1) is 0 Å². The zero-order valence-electron chi connectivity index (χ0n) is 30.6. The van der Waals surface area contributed by atoms with Gasteiger partial charge in [-0.2, -0.15) is 0 Å². The standard InChI is InChI=1S/C38H38F2N4O5.C2H6.H3N/c1-5-48-29-18-28(43(20-29)24(4)45)19-44-35-16-25(38(46)47)11-12-34(35)41-36(44)17-27-15-32(40)30(14-23(27)3)33-7-6-8-37(42-33)49-21-26-10-9-22(2)13-31(26)39;1-2;/h6-16,28-29H,5,17-21H2,1-4H3,(H,46,47);1-2H3;1H3/t28-,29-;;/m1../s1. The number of ether oxygens (including phenoxy) is 2. The lowest BCUT2D eigenvalue weighted by molar-refractivity contribution is -0.130. The molecule has 2 aromatic heterocycles. The number of amides is 1. The number of aryl methyl sites for hydroxylation is 2. The van der Waals surface area contributed by atoms with Gasteiger partial charge in [0.1, 0.15) is 24.1 Å². The molecule has 52 heavy (non-hydrogen) atoms. The van der Waals surface area contributed by atoms with Crippen molar-refractivity contribution in [2.24, 2.45) is 0 Å². The van der Waals surface area contributed by atoms with Crippen molar-refractivity contribution in [3.8, 4) is 17.1 Å². The molecule has 0 saturated carbocycles. The lowest BCUT2D eigenvalue weighted by Gasteiger charge is -2.24. The molecule has 12 heteroatoms. The molecule has 1 amide bonds. The van der Waals surface area contributed by atoms with E-state index in [9.17, 15) is 19.1 Å². The van der Waals surface area contributed by atoms with E-state index in [2.05, 4.69) is 4.98 Å². The van der Waals surface area contributed by atoms with Gasteiger partial charge in [0, 0.05) is 50.2 Å². The van der Waals surface area contributed by atoms with E-state index in [0.29, 0.717) is 59.8 Å². The van der Waals surface area contributed by atoms with Crippen molar-refractivity contribution in [3.63, 3.8) is 0 Å². The molecule has 2 atom stereocenters. The molecule has 0 spiro atoms. The zero-order chi connectivity index (χ0) is 36.8. The average Bonchev–Trinajstić information content (AvgIpc) is 3.67. The minimum Gasteiger partial charge on any atom is -0.478 e. The summed E-state index contributed by atoms with van der Waals surface area (Å²) in [6.07, 6.45) is 0.792. The van der Waals surface area contributed by atoms with Crippen LogP contribution in [0.3, 0.4) is 0 Å². The van der Waals surface area contributed by atoms with Crippen LogP contribution < -0.4 is 10.9 Å². The number of nitrogens with zero attached hydrogens (tertiary/aromatic N) is 4. The molecule has 10 nitrogen and oxygen atoms in total. The first-order valence-electron chi connectivity index (χ1n) is 17.3. The predicted octanol–water partition coefficient (Wildman–Crippen LogP) is 8.08. The lowest BCUT2D eigenvalue weighted by atomic mass is 9.99. The molecule has 276 valence electrons. The molecular formula is C40H47F2N5O5. The van der Waals surface area contributed by atoms with Crippen LogP contribution in [0.2, 0.25) is 0 Å². The van der Waals surface area contributed by atoms with Gasteiger partial charge in [0.25, 0.3) is 0 Å². The third kappa shape index (κ3) is 8.80. The SMILES string of the molecule is CC.CCO[C@@H]1C[C@H](Cn2c(Cc3cc(F)c(-c4cccc(OCc5ccc(C)cc5F)n4)cc3C)nc3ccc(C(=O)O)cc32)N(C(C)=O)C1.N. The van der Waals surface area contributed by atoms with Crippen molar-refractivity contribution >= 4 is 22.9 Å². The Hall–Kier alpha value is -5.20. The summed E-state index contributed by atoms with van der Waals surface area (Å²) < 4.78 is 43.7. The van der Waals surface area contributed by atoms with E-state index >= 15 is 4.39 Å². The Kier molecular flexibility index (Phi) is 13.2. The molecule has 1 fully saturated rings. The van der Waals surface area contributed by atoms with E-state index < -0.39 is 11.8 Å². The Balaban J connectivity index is 0.00000198. The normalized spacial score (nSPS) is 15.2. The highest BCUT2D eigenvalue weighted by atomic mass is 19.1. The summed E-state index contributed by atoms with van der Waals surface area (Å²) in [6, 6.07) is 17.7. The minimum atomic E-state index is -1.06. The van der Waals surface area contributed by atoms with E-state index in [1.165, 1.54) is 25.1 Å². The third-order valence-electron chi connectivity index (χ3n) is 9.01. The molecule has 1 aliphatic rings. The predicted molar refractivity (Wildman–Crippen MR) is 197 cm³/mol. The summed E-state index contributed by atoms with van der Waals surface area (Å²) in [5.74, 6) is -1.11. The number of carboxylic acids is 1. The molecule has 0 bridgehead atoms. The average molecular weight is 716 g/mol. The number of likely N-dealkylation sites (tertiary alicyclic amines) is 1. The van der Waals surface area contributed by atoms with Crippen LogP contribution in [0.5, 0.6) is 5.88 Å². The lowest BCUT2D eigenvalue weighted by Crippen LogP contribution is -2.37. The maximum atomic E-state index is 15.8. The van der Waals surface area contributed by atoms with Crippen molar-refractivity contribution in [2.45, 2.75) is 79.7 Å². The summed E-state index contributed by atoms with van der Waals surface area (Å²) in [6.45, 7) is 12.5. The van der Waals surface area contributed by atoms with Crippen molar-refractivity contribution < 1.29 is 33.0 Å². The zero-order valence-corrected chi connectivity index (χ0v) is 30.6. The van der Waals surface area contributed by atoms with Crippen LogP contribution in [0.15, 0.2) is 66.7 Å². The molecule has 0 aliphatic carbocycles. The first-order valence-corrected chi connectivity index (χ1v) is 17.3. The second-order valence-corrected chi connectivity index (χ2v) is 12.5. The van der Waals surface area contributed by atoms with Gasteiger partial charge < -0.3 is 30.2 Å². The van der Waals surface area contributed by atoms with Crippen LogP contribution >= 0.6 is 0 Å². The monoisotopic (exact) mass is 715 g/mol. The number of hydrogen-bond acceptors (Lipinski definition) is 7. The van der Waals surface area contributed by atoms with Crippen LogP contribution in [0, 0.1) is 25.5 Å². The fourth-order valence-electron chi connectivity index (χ4n) is 6.49. The van der Waals surface area contributed by atoms with E-state index in [1.807, 2.05) is 39.2 Å². The second-order valence-electron chi connectivity index (χ2n) is 12.5. The maximum Gasteiger partial charge on any atom is 0.335 e. The van der Waals surface area contributed by atoms with Crippen LogP contribution in [0.4, 0.5) is 8.78 Å². The van der Waals surface area contributed by atoms with E-state index in [-0.39, 0.29) is 60.1 Å². The number of carboxylic acid groups (broad SMARTS) is 1. The Morgan fingerprint density at radius 2 is 1.73 bits per heavy atom. The molecular weight excluding hydrogens is 668 g/mol. The Labute approximate surface area is 303 Å². The first-order chi connectivity index (χ1) is 24.5. The fourth-order valence-corrected chi connectivity index (χ4v) is 6.49. The number of aromatic nitrogens is 3. The van der Waals surface area contributed by atoms with Gasteiger partial charge in [0.05, 0.1) is 34.4 Å². The summed E-state index contributed by atoms with van der Waals surface area (Å²) in [5.41, 5.74) is 4.72. The summed E-state index contributed by atoms with van der Waals surface area (Å²) in [5, 5.41) is 9.71. The Bertz CT molecular complexity index is 2050. The van der Waals surface area contributed by atoms with Gasteiger partial charge in [0.15, 0.2) is 0 Å². The number of pyridine rings is 1. The number of carbonyl (C=O) groups is 2. The molecule has 5 aromatic rings. The highest BCUT2D eigenvalue weighted by Gasteiger charge is 2.35. The molecule has 1 aliphatic heterocycles. The molecule has 1 saturated heterocycles. The minimum absolute atomic E-state index is 0. The topological polar surface area (TPSA) is 142 Å². The summed E-state index contributed by atoms with van der Waals surface area (Å²) in [7, 11) is 0. The number of halogens is 2. The maximum absolute atomic E-state index is 15.8. The summed E-state index contributed by atoms with van der Waals surface area (Å²) in [4.78, 5) is 35.6. The van der Waals surface area contributed by atoms with Gasteiger partial charge in [-0.25, -0.2) is 23.5 Å². The first kappa shape index (κ1) is 39.6. The Morgan fingerprint density at radius 1 is 0.962 bits per heavy atom. The van der Waals surface area contributed by atoms with E-state index in [4.69, 9.17) is 14.5 Å². The van der Waals surface area contributed by atoms with Gasteiger partial charge in [-0.1, -0.05) is 32.0 Å². The number of carbonyl (C=O) groups excluding carboxylic acids is 1. The van der Waals surface area contributed by atoms with Crippen LogP contribution in [0.25, 0.3) is 22.3 Å². The van der Waals surface area contributed by atoms with Gasteiger partial charge in [-0.3, -0.25) is 4.79 Å². The Morgan fingerprint density at radius 3 is 2.42 bits per heavy atom. The van der Waals surface area contributed by atoms with E-state index in [1.54, 1.807) is 53.4 Å². The van der Waals surface area contributed by atoms with Crippen LogP contribution in [0.1, 0.15) is 72.6 Å². The number of fused-ring (bicyclic) bond motifs is 1. The molecule has 0 unspecified atom stereocenters. The van der Waals surface area contributed by atoms with Crippen molar-refractivity contribution in [1.82, 2.24) is 25.6 Å². The smallest absolute Gasteiger partial charge is 0.335 e. The third-order valence-corrected chi connectivity index (χ3v) is 9.01. The highest BCUT2D eigenvalue weighted by molar-refractivity contribution is 5.92. The van der Waals surface area contributed by atoms with Gasteiger partial charge in [0.2, 0.25) is 11.8 Å². The molecule has 0 radical (unpaired) electrons.